The summed E-state index contributed by atoms with van der Waals surface area (Å²) in [7, 11) is -3.90. The molecule has 1 aliphatic heterocycles. The summed E-state index contributed by atoms with van der Waals surface area (Å²) < 4.78 is 44.7. The van der Waals surface area contributed by atoms with Crippen LogP contribution < -0.4 is 15.5 Å². The molecular weight excluding hydrogens is 547 g/mol. The lowest BCUT2D eigenvalue weighted by Crippen LogP contribution is -2.37. The van der Waals surface area contributed by atoms with Gasteiger partial charge in [0.15, 0.2) is 9.84 Å². The topological polar surface area (TPSA) is 132 Å². The fourth-order valence-electron chi connectivity index (χ4n) is 4.27. The second-order valence-electron chi connectivity index (χ2n) is 9.03. The first-order valence-corrected chi connectivity index (χ1v) is 14.2. The number of morpholine rings is 1. The minimum atomic E-state index is -3.90. The number of nitrogen functional groups attached to an aromatic ring is 1. The number of hydrogen-bond donors (Lipinski definition) is 1. The van der Waals surface area contributed by atoms with Gasteiger partial charge in [0.2, 0.25) is 5.95 Å². The Hall–Kier alpha value is -3.87. The van der Waals surface area contributed by atoms with Crippen molar-refractivity contribution in [2.45, 2.75) is 11.4 Å². The molecule has 1 fully saturated rings. The number of halogens is 2. The van der Waals surface area contributed by atoms with Crippen molar-refractivity contribution in [3.8, 4) is 0 Å². The number of nitrogens with two attached hydrogens (primary N) is 1. The minimum Gasteiger partial charge on any atom is -0.382 e. The quantitative estimate of drug-likeness (QED) is 0.370. The highest BCUT2D eigenvalue weighted by molar-refractivity contribution is 7.90. The van der Waals surface area contributed by atoms with Gasteiger partial charge in [0.05, 0.1) is 46.4 Å². The molecule has 0 atom stereocenters. The molecule has 3 heterocycles. The van der Waals surface area contributed by atoms with Crippen LogP contribution in [0, 0.1) is 5.82 Å². The van der Waals surface area contributed by atoms with Gasteiger partial charge in [0.25, 0.3) is 5.91 Å². The summed E-state index contributed by atoms with van der Waals surface area (Å²) in [5.74, 6) is -0.697. The van der Waals surface area contributed by atoms with Crippen LogP contribution in [-0.2, 0) is 21.1 Å². The predicted octanol–water partition coefficient (Wildman–Crippen LogP) is 3.49. The third-order valence-electron chi connectivity index (χ3n) is 6.24. The van der Waals surface area contributed by atoms with Crippen LogP contribution in [0.1, 0.15) is 15.9 Å². The second-order valence-corrected chi connectivity index (χ2v) is 11.4. The van der Waals surface area contributed by atoms with Gasteiger partial charge < -0.3 is 20.3 Å². The maximum atomic E-state index is 14.1. The van der Waals surface area contributed by atoms with Gasteiger partial charge >= 0.3 is 0 Å². The van der Waals surface area contributed by atoms with Crippen molar-refractivity contribution in [3.63, 3.8) is 0 Å². The molecule has 202 valence electrons. The van der Waals surface area contributed by atoms with Gasteiger partial charge in [-0.3, -0.25) is 4.79 Å². The minimum absolute atomic E-state index is 0.0184. The molecule has 0 unspecified atom stereocenters. The van der Waals surface area contributed by atoms with Crippen LogP contribution >= 0.6 is 11.6 Å². The van der Waals surface area contributed by atoms with Gasteiger partial charge in [-0.2, -0.15) is 0 Å². The van der Waals surface area contributed by atoms with E-state index in [1.165, 1.54) is 23.4 Å². The third kappa shape index (κ3) is 5.77. The largest absolute Gasteiger partial charge is 0.382 e. The van der Waals surface area contributed by atoms with Crippen molar-refractivity contribution in [1.82, 2.24) is 15.0 Å². The van der Waals surface area contributed by atoms with Crippen molar-refractivity contribution >= 4 is 55.7 Å². The number of amides is 1. The van der Waals surface area contributed by atoms with Crippen molar-refractivity contribution in [3.05, 3.63) is 76.8 Å². The van der Waals surface area contributed by atoms with Gasteiger partial charge in [-0.05, 0) is 35.9 Å². The van der Waals surface area contributed by atoms with Crippen molar-refractivity contribution in [2.75, 3.05) is 48.1 Å². The maximum absolute atomic E-state index is 14.1. The molecule has 0 saturated carbocycles. The molecule has 0 spiro atoms. The highest BCUT2D eigenvalue weighted by atomic mass is 35.5. The van der Waals surface area contributed by atoms with E-state index in [-0.39, 0.29) is 28.5 Å². The number of carbonyl (C=O) groups excluding carboxylic acids is 1. The lowest BCUT2D eigenvalue weighted by atomic mass is 10.1. The molecule has 4 aromatic rings. The maximum Gasteiger partial charge on any atom is 0.261 e. The fourth-order valence-corrected chi connectivity index (χ4v) is 5.32. The standard InChI is InChI=1S/C26H24ClFN6O4S/c1-39(36,37)23-12-19(28)4-5-22(23)34(15-16-2-3-17-11-20(27)24(29)32-21(17)10-16)25(35)18-13-30-26(31-14-18)33-6-8-38-9-7-33/h2-5,10-14H,6-9,15H2,1H3,(H2,29,32). The number of rotatable bonds is 6. The van der Waals surface area contributed by atoms with Gasteiger partial charge in [-0.25, -0.2) is 27.8 Å². The summed E-state index contributed by atoms with van der Waals surface area (Å²) in [5, 5.41) is 1.05. The molecular formula is C26H24ClFN6O4S. The Morgan fingerprint density at radius 1 is 1.13 bits per heavy atom. The molecule has 0 bridgehead atoms. The molecule has 0 aliphatic carbocycles. The van der Waals surface area contributed by atoms with Crippen LogP contribution in [0.2, 0.25) is 5.02 Å². The average Bonchev–Trinajstić information content (AvgIpc) is 2.92. The Labute approximate surface area is 229 Å². The summed E-state index contributed by atoms with van der Waals surface area (Å²) in [6, 6.07) is 10.2. The number of fused-ring (bicyclic) bond motifs is 1. The highest BCUT2D eigenvalue weighted by Crippen LogP contribution is 2.30. The number of pyridine rings is 1. The van der Waals surface area contributed by atoms with Crippen molar-refractivity contribution in [2.24, 2.45) is 0 Å². The molecule has 1 amide bonds. The highest BCUT2D eigenvalue weighted by Gasteiger charge is 2.26. The molecule has 1 saturated heterocycles. The first-order chi connectivity index (χ1) is 18.6. The lowest BCUT2D eigenvalue weighted by Gasteiger charge is -2.27. The summed E-state index contributed by atoms with van der Waals surface area (Å²) in [6.07, 6.45) is 3.74. The normalized spacial score (nSPS) is 14.0. The van der Waals surface area contributed by atoms with E-state index in [2.05, 4.69) is 15.0 Å². The molecule has 1 aliphatic rings. The summed E-state index contributed by atoms with van der Waals surface area (Å²) >= 11 is 6.09. The molecule has 0 radical (unpaired) electrons. The van der Waals surface area contributed by atoms with E-state index in [1.54, 1.807) is 24.3 Å². The number of benzene rings is 2. The zero-order valence-electron chi connectivity index (χ0n) is 20.8. The number of anilines is 3. The SMILES string of the molecule is CS(=O)(=O)c1cc(F)ccc1N(Cc1ccc2cc(Cl)c(N)nc2c1)C(=O)c1cnc(N2CCOCC2)nc1. The van der Waals surface area contributed by atoms with Gasteiger partial charge in [-0.1, -0.05) is 23.7 Å². The van der Waals surface area contributed by atoms with Crippen LogP contribution in [0.4, 0.5) is 21.8 Å². The Morgan fingerprint density at radius 3 is 2.54 bits per heavy atom. The number of hydrogen-bond acceptors (Lipinski definition) is 9. The Balaban J connectivity index is 1.56. The Bertz CT molecular complexity index is 1660. The molecule has 5 rings (SSSR count). The van der Waals surface area contributed by atoms with Crippen LogP contribution in [0.3, 0.4) is 0 Å². The molecule has 13 heteroatoms. The van der Waals surface area contributed by atoms with Crippen molar-refractivity contribution in [1.29, 1.82) is 0 Å². The van der Waals surface area contributed by atoms with E-state index in [0.717, 1.165) is 23.8 Å². The zero-order chi connectivity index (χ0) is 27.7. The monoisotopic (exact) mass is 570 g/mol. The van der Waals surface area contributed by atoms with Gasteiger partial charge in [0.1, 0.15) is 11.6 Å². The number of ether oxygens (including phenoxy) is 1. The zero-order valence-corrected chi connectivity index (χ0v) is 22.4. The van der Waals surface area contributed by atoms with Crippen LogP contribution in [0.25, 0.3) is 10.9 Å². The van der Waals surface area contributed by atoms with E-state index < -0.39 is 21.6 Å². The summed E-state index contributed by atoms with van der Waals surface area (Å²) in [5.41, 5.74) is 7.18. The van der Waals surface area contributed by atoms with E-state index in [4.69, 9.17) is 22.1 Å². The van der Waals surface area contributed by atoms with E-state index in [9.17, 15) is 17.6 Å². The number of aromatic nitrogens is 3. The lowest BCUT2D eigenvalue weighted by molar-refractivity contribution is 0.0983. The number of carbonyl (C=O) groups is 1. The summed E-state index contributed by atoms with van der Waals surface area (Å²) in [6.45, 7) is 2.29. The Morgan fingerprint density at radius 2 is 1.85 bits per heavy atom. The second kappa shape index (κ2) is 10.7. The van der Waals surface area contributed by atoms with Crippen LogP contribution in [0.15, 0.2) is 59.8 Å². The number of sulfone groups is 1. The smallest absolute Gasteiger partial charge is 0.261 e. The average molecular weight is 571 g/mol. The summed E-state index contributed by atoms with van der Waals surface area (Å²) in [4.78, 5) is 29.7. The van der Waals surface area contributed by atoms with Gasteiger partial charge in [0, 0.05) is 37.1 Å². The molecule has 2 aromatic carbocycles. The predicted molar refractivity (Wildman–Crippen MR) is 146 cm³/mol. The molecule has 2 N–H and O–H groups in total. The Kier molecular flexibility index (Phi) is 7.34. The third-order valence-corrected chi connectivity index (χ3v) is 7.67. The van der Waals surface area contributed by atoms with E-state index >= 15 is 0 Å². The fraction of sp³-hybridized carbons (Fsp3) is 0.231. The van der Waals surface area contributed by atoms with E-state index in [1.807, 2.05) is 4.90 Å². The van der Waals surface area contributed by atoms with Crippen molar-refractivity contribution < 1.29 is 22.3 Å². The first-order valence-electron chi connectivity index (χ1n) is 11.9. The molecule has 2 aromatic heterocycles. The first kappa shape index (κ1) is 26.7. The van der Waals surface area contributed by atoms with Crippen LogP contribution in [0.5, 0.6) is 0 Å². The number of nitrogens with zero attached hydrogens (tertiary/aromatic N) is 5. The molecule has 39 heavy (non-hydrogen) atoms. The molecule has 10 nitrogen and oxygen atoms in total. The van der Waals surface area contributed by atoms with E-state index in [0.29, 0.717) is 48.4 Å². The van der Waals surface area contributed by atoms with Crippen LogP contribution in [-0.4, -0.2) is 61.8 Å². The van der Waals surface area contributed by atoms with Gasteiger partial charge in [-0.15, -0.1) is 0 Å².